The number of allylic oxidation sites excluding steroid dienone is 1. The first-order valence-electron chi connectivity index (χ1n) is 13.2. The van der Waals surface area contributed by atoms with Crippen LogP contribution in [0.1, 0.15) is 36.3 Å². The average molecular weight is 515 g/mol. The summed E-state index contributed by atoms with van der Waals surface area (Å²) in [5.41, 5.74) is 4.29. The Kier molecular flexibility index (Phi) is 7.55. The van der Waals surface area contributed by atoms with Gasteiger partial charge in [-0.3, -0.25) is 24.4 Å². The molecule has 38 heavy (non-hydrogen) atoms. The molecule has 2 aliphatic heterocycles. The van der Waals surface area contributed by atoms with Crippen LogP contribution in [-0.4, -0.2) is 83.4 Å². The minimum Gasteiger partial charge on any atom is -0.368 e. The normalized spacial score (nSPS) is 18.4. The van der Waals surface area contributed by atoms with E-state index in [9.17, 15) is 14.4 Å². The van der Waals surface area contributed by atoms with Crippen LogP contribution >= 0.6 is 0 Å². The summed E-state index contributed by atoms with van der Waals surface area (Å²) in [6.45, 7) is 8.01. The van der Waals surface area contributed by atoms with E-state index < -0.39 is 0 Å². The predicted octanol–water partition coefficient (Wildman–Crippen LogP) is 3.41. The summed E-state index contributed by atoms with van der Waals surface area (Å²) >= 11 is 0. The van der Waals surface area contributed by atoms with Crippen LogP contribution in [0.2, 0.25) is 0 Å². The van der Waals surface area contributed by atoms with E-state index in [4.69, 9.17) is 0 Å². The minimum absolute atomic E-state index is 0.0141. The van der Waals surface area contributed by atoms with E-state index in [0.29, 0.717) is 31.7 Å². The number of carbonyl (C=O) groups is 3. The van der Waals surface area contributed by atoms with Gasteiger partial charge in [0.15, 0.2) is 5.78 Å². The molecule has 3 heterocycles. The molecule has 0 bridgehead atoms. The number of hydrogen-bond acceptors (Lipinski definition) is 6. The number of piperazine rings is 1. The molecule has 0 aliphatic carbocycles. The Hall–Kier alpha value is -3.98. The predicted molar refractivity (Wildman–Crippen MR) is 149 cm³/mol. The van der Waals surface area contributed by atoms with Gasteiger partial charge >= 0.3 is 0 Å². The summed E-state index contributed by atoms with van der Waals surface area (Å²) < 4.78 is 0. The van der Waals surface area contributed by atoms with Crippen molar-refractivity contribution in [3.63, 3.8) is 0 Å². The van der Waals surface area contributed by atoms with E-state index in [1.54, 1.807) is 6.92 Å². The van der Waals surface area contributed by atoms with E-state index in [0.717, 1.165) is 54.0 Å². The lowest BCUT2D eigenvalue weighted by Crippen LogP contribution is -2.51. The van der Waals surface area contributed by atoms with Gasteiger partial charge in [0.25, 0.3) is 0 Å². The summed E-state index contributed by atoms with van der Waals surface area (Å²) in [4.78, 5) is 43.7. The quantitative estimate of drug-likeness (QED) is 0.469. The molecule has 0 radical (unpaired) electrons. The fourth-order valence-corrected chi connectivity index (χ4v) is 5.25. The number of amides is 2. The highest BCUT2D eigenvalue weighted by Gasteiger charge is 2.31. The van der Waals surface area contributed by atoms with Crippen LogP contribution in [0.5, 0.6) is 0 Å². The van der Waals surface area contributed by atoms with Crippen LogP contribution in [0.3, 0.4) is 0 Å². The van der Waals surface area contributed by atoms with Crippen molar-refractivity contribution in [3.05, 3.63) is 59.8 Å². The van der Waals surface area contributed by atoms with Gasteiger partial charge < -0.3 is 15.1 Å². The van der Waals surface area contributed by atoms with E-state index in [2.05, 4.69) is 25.3 Å². The average Bonchev–Trinajstić information content (AvgIpc) is 3.56. The molecule has 0 saturated carbocycles. The van der Waals surface area contributed by atoms with E-state index in [1.165, 1.54) is 0 Å². The number of anilines is 2. The van der Waals surface area contributed by atoms with Crippen molar-refractivity contribution in [1.29, 1.82) is 0 Å². The molecule has 2 amide bonds. The topological polar surface area (TPSA) is 102 Å². The Morgan fingerprint density at radius 2 is 1.82 bits per heavy atom. The first-order valence-corrected chi connectivity index (χ1v) is 13.2. The maximum atomic E-state index is 13.0. The summed E-state index contributed by atoms with van der Waals surface area (Å²) in [6, 6.07) is 13.4. The molecule has 9 heteroatoms. The second-order valence-electron chi connectivity index (χ2n) is 10.1. The maximum Gasteiger partial charge on any atom is 0.236 e. The SMILES string of the molecule is CC=Cc1[nH]nc2ccc(NC(=O)[C@@H]3CCN(CC(=O)N4CCN(c5ccc(C(C)=O)cc5)CC4)C3)cc12. The lowest BCUT2D eigenvalue weighted by Gasteiger charge is -2.36. The van der Waals surface area contributed by atoms with Gasteiger partial charge in [0.1, 0.15) is 0 Å². The van der Waals surface area contributed by atoms with Crippen LogP contribution < -0.4 is 10.2 Å². The van der Waals surface area contributed by atoms with Gasteiger partial charge in [-0.2, -0.15) is 5.10 Å². The third-order valence-electron chi connectivity index (χ3n) is 7.46. The van der Waals surface area contributed by atoms with Gasteiger partial charge in [-0.25, -0.2) is 0 Å². The van der Waals surface area contributed by atoms with Gasteiger partial charge in [-0.1, -0.05) is 6.08 Å². The third-order valence-corrected chi connectivity index (χ3v) is 7.46. The second kappa shape index (κ2) is 11.2. The Bertz CT molecular complexity index is 1350. The standard InChI is InChI=1S/C29H34N6O3/c1-3-4-26-25-17-23(7-10-27(25)32-31-26)30-29(38)22-11-12-33(18-22)19-28(37)35-15-13-34(14-16-35)24-8-5-21(6-9-24)20(2)36/h3-10,17,22H,11-16,18-19H2,1-2H3,(H,30,38)(H,31,32)/t22-/m1/s1. The Morgan fingerprint density at radius 1 is 1.05 bits per heavy atom. The molecule has 2 N–H and O–H groups in total. The summed E-state index contributed by atoms with van der Waals surface area (Å²) in [6.07, 6.45) is 4.64. The maximum absolute atomic E-state index is 13.0. The molecule has 9 nitrogen and oxygen atoms in total. The second-order valence-corrected chi connectivity index (χ2v) is 10.1. The largest absolute Gasteiger partial charge is 0.368 e. The van der Waals surface area contributed by atoms with Gasteiger partial charge in [0, 0.05) is 55.0 Å². The zero-order valence-electron chi connectivity index (χ0n) is 21.9. The van der Waals surface area contributed by atoms with Crippen LogP contribution in [0.25, 0.3) is 17.0 Å². The number of aromatic amines is 1. The molecule has 1 atom stereocenters. The van der Waals surface area contributed by atoms with Gasteiger partial charge in [-0.15, -0.1) is 0 Å². The molecule has 5 rings (SSSR count). The Labute approximate surface area is 222 Å². The number of rotatable bonds is 7. The first-order chi connectivity index (χ1) is 18.4. The summed E-state index contributed by atoms with van der Waals surface area (Å²) in [7, 11) is 0. The number of ketones is 1. The fourth-order valence-electron chi connectivity index (χ4n) is 5.25. The number of Topliss-reactive ketones (excluding diaryl/α,β-unsaturated/α-hetero) is 1. The minimum atomic E-state index is -0.146. The molecular weight excluding hydrogens is 480 g/mol. The molecular formula is C29H34N6O3. The van der Waals surface area contributed by atoms with E-state index in [1.807, 2.05) is 66.4 Å². The van der Waals surface area contributed by atoms with Crippen molar-refractivity contribution >= 4 is 46.0 Å². The van der Waals surface area contributed by atoms with E-state index >= 15 is 0 Å². The highest BCUT2D eigenvalue weighted by atomic mass is 16.2. The molecule has 1 aromatic heterocycles. The number of likely N-dealkylation sites (tertiary alicyclic amines) is 1. The van der Waals surface area contributed by atoms with Crippen LogP contribution in [0.4, 0.5) is 11.4 Å². The number of nitrogens with zero attached hydrogens (tertiary/aromatic N) is 4. The van der Waals surface area contributed by atoms with Crippen molar-refractivity contribution in [2.75, 3.05) is 56.0 Å². The number of carbonyl (C=O) groups excluding carboxylic acids is 3. The highest BCUT2D eigenvalue weighted by Crippen LogP contribution is 2.24. The Balaban J connectivity index is 1.10. The first kappa shape index (κ1) is 25.7. The third kappa shape index (κ3) is 5.62. The molecule has 2 fully saturated rings. The zero-order chi connectivity index (χ0) is 26.6. The van der Waals surface area contributed by atoms with Crippen molar-refractivity contribution < 1.29 is 14.4 Å². The summed E-state index contributed by atoms with van der Waals surface area (Å²) in [5.74, 6) is 0.00929. The summed E-state index contributed by atoms with van der Waals surface area (Å²) in [5, 5.41) is 11.3. The van der Waals surface area contributed by atoms with Gasteiger partial charge in [0.2, 0.25) is 11.8 Å². The van der Waals surface area contributed by atoms with Crippen molar-refractivity contribution in [3.8, 4) is 0 Å². The number of hydrogen-bond donors (Lipinski definition) is 2. The molecule has 2 aromatic carbocycles. The molecule has 3 aromatic rings. The molecule has 198 valence electrons. The van der Waals surface area contributed by atoms with Crippen molar-refractivity contribution in [1.82, 2.24) is 20.0 Å². The smallest absolute Gasteiger partial charge is 0.236 e. The van der Waals surface area contributed by atoms with Crippen LogP contribution in [0, 0.1) is 5.92 Å². The lowest BCUT2D eigenvalue weighted by atomic mass is 10.1. The number of aromatic nitrogens is 2. The van der Waals surface area contributed by atoms with Crippen LogP contribution in [0.15, 0.2) is 48.5 Å². The fraction of sp³-hybridized carbons (Fsp3) is 0.379. The number of H-pyrrole nitrogens is 1. The Morgan fingerprint density at radius 3 is 2.53 bits per heavy atom. The van der Waals surface area contributed by atoms with Gasteiger partial charge in [-0.05, 0) is 75.4 Å². The molecule has 0 spiro atoms. The van der Waals surface area contributed by atoms with Crippen molar-refractivity contribution in [2.24, 2.45) is 5.92 Å². The lowest BCUT2D eigenvalue weighted by molar-refractivity contribution is -0.132. The number of fused-ring (bicyclic) bond motifs is 1. The highest BCUT2D eigenvalue weighted by molar-refractivity contribution is 5.97. The number of nitrogens with one attached hydrogen (secondary N) is 2. The number of benzene rings is 2. The van der Waals surface area contributed by atoms with E-state index in [-0.39, 0.29) is 23.5 Å². The van der Waals surface area contributed by atoms with Crippen molar-refractivity contribution in [2.45, 2.75) is 20.3 Å². The van der Waals surface area contributed by atoms with Crippen LogP contribution in [-0.2, 0) is 9.59 Å². The zero-order valence-corrected chi connectivity index (χ0v) is 21.9. The van der Waals surface area contributed by atoms with Gasteiger partial charge in [0.05, 0.1) is 23.7 Å². The molecule has 2 aliphatic rings. The monoisotopic (exact) mass is 514 g/mol. The molecule has 2 saturated heterocycles. The molecule has 0 unspecified atom stereocenters.